The summed E-state index contributed by atoms with van der Waals surface area (Å²) in [7, 11) is 0. The smallest absolute Gasteiger partial charge is 0.170 e. The Bertz CT molecular complexity index is 631. The molecule has 1 aromatic heterocycles. The quantitative estimate of drug-likeness (QED) is 0.343. The zero-order chi connectivity index (χ0) is 15.2. The van der Waals surface area contributed by atoms with Gasteiger partial charge in [-0.2, -0.15) is 0 Å². The van der Waals surface area contributed by atoms with Crippen molar-refractivity contribution in [3.05, 3.63) is 64.4 Å². The van der Waals surface area contributed by atoms with Gasteiger partial charge in [-0.25, -0.2) is 0 Å². The predicted molar refractivity (Wildman–Crippen MR) is 83.5 cm³/mol. The predicted octanol–water partition coefficient (Wildman–Crippen LogP) is 2.68. The van der Waals surface area contributed by atoms with Crippen LogP contribution in [-0.4, -0.2) is 16.0 Å². The Balaban J connectivity index is 2.04. The molecule has 0 spiro atoms. The molecule has 110 valence electrons. The Morgan fingerprint density at radius 3 is 2.86 bits per heavy atom. The van der Waals surface area contributed by atoms with Crippen LogP contribution in [0.4, 0.5) is 0 Å². The lowest BCUT2D eigenvalue weighted by Gasteiger charge is -2.14. The number of benzene rings is 1. The molecule has 0 aliphatic carbocycles. The molecule has 2 rings (SSSR count). The molecule has 0 saturated heterocycles. The molecule has 0 unspecified atom stereocenters. The SMILES string of the molecule is C[C@@H](NCc1ccc(/C(N)=N/O)cc1Cl)c1ccccn1. The number of halogens is 1. The number of nitrogens with one attached hydrogen (secondary N) is 1. The zero-order valence-corrected chi connectivity index (χ0v) is 12.4. The van der Waals surface area contributed by atoms with Crippen molar-refractivity contribution < 1.29 is 5.21 Å². The first kappa shape index (κ1) is 15.3. The van der Waals surface area contributed by atoms with Gasteiger partial charge >= 0.3 is 0 Å². The number of nitrogens with zero attached hydrogens (tertiary/aromatic N) is 2. The lowest BCUT2D eigenvalue weighted by Crippen LogP contribution is -2.19. The van der Waals surface area contributed by atoms with E-state index in [4.69, 9.17) is 22.5 Å². The molecule has 1 heterocycles. The van der Waals surface area contributed by atoms with Crippen molar-refractivity contribution in [3.8, 4) is 0 Å². The zero-order valence-electron chi connectivity index (χ0n) is 11.6. The van der Waals surface area contributed by atoms with Gasteiger partial charge in [-0.3, -0.25) is 4.98 Å². The van der Waals surface area contributed by atoms with Gasteiger partial charge in [0.05, 0.1) is 5.69 Å². The van der Waals surface area contributed by atoms with Crippen molar-refractivity contribution in [2.24, 2.45) is 10.9 Å². The van der Waals surface area contributed by atoms with Gasteiger partial charge in [0.2, 0.25) is 0 Å². The summed E-state index contributed by atoms with van der Waals surface area (Å²) >= 11 is 6.21. The van der Waals surface area contributed by atoms with Crippen LogP contribution in [0.3, 0.4) is 0 Å². The highest BCUT2D eigenvalue weighted by Gasteiger charge is 2.08. The fraction of sp³-hybridized carbons (Fsp3) is 0.200. The van der Waals surface area contributed by atoms with Crippen LogP contribution in [-0.2, 0) is 6.54 Å². The number of pyridine rings is 1. The van der Waals surface area contributed by atoms with Crippen LogP contribution in [0.5, 0.6) is 0 Å². The van der Waals surface area contributed by atoms with Crippen molar-refractivity contribution in [1.29, 1.82) is 0 Å². The largest absolute Gasteiger partial charge is 0.409 e. The third-order valence-corrected chi connectivity index (χ3v) is 3.54. The lowest BCUT2D eigenvalue weighted by molar-refractivity contribution is 0.318. The average Bonchev–Trinajstić information content (AvgIpc) is 2.53. The summed E-state index contributed by atoms with van der Waals surface area (Å²) in [5.41, 5.74) is 8.03. The van der Waals surface area contributed by atoms with Gasteiger partial charge in [-0.05, 0) is 30.7 Å². The summed E-state index contributed by atoms with van der Waals surface area (Å²) in [6.07, 6.45) is 1.77. The fourth-order valence-electron chi connectivity index (χ4n) is 1.91. The number of hydrogen-bond acceptors (Lipinski definition) is 4. The minimum atomic E-state index is 0.0401. The van der Waals surface area contributed by atoms with Crippen molar-refractivity contribution in [1.82, 2.24) is 10.3 Å². The first-order valence-corrected chi connectivity index (χ1v) is 6.90. The monoisotopic (exact) mass is 304 g/mol. The highest BCUT2D eigenvalue weighted by molar-refractivity contribution is 6.31. The molecule has 1 atom stereocenters. The maximum atomic E-state index is 8.65. The molecule has 0 saturated carbocycles. The van der Waals surface area contributed by atoms with Crippen LogP contribution < -0.4 is 11.1 Å². The topological polar surface area (TPSA) is 83.5 Å². The highest BCUT2D eigenvalue weighted by Crippen LogP contribution is 2.19. The second-order valence-corrected chi connectivity index (χ2v) is 5.06. The number of rotatable bonds is 5. The van der Waals surface area contributed by atoms with E-state index in [-0.39, 0.29) is 11.9 Å². The normalized spacial score (nSPS) is 13.1. The molecular weight excluding hydrogens is 288 g/mol. The van der Waals surface area contributed by atoms with Crippen LogP contribution in [0.15, 0.2) is 47.8 Å². The van der Waals surface area contributed by atoms with Crippen LogP contribution in [0.2, 0.25) is 5.02 Å². The van der Waals surface area contributed by atoms with E-state index < -0.39 is 0 Å². The van der Waals surface area contributed by atoms with Crippen molar-refractivity contribution >= 4 is 17.4 Å². The Labute approximate surface area is 128 Å². The number of hydrogen-bond donors (Lipinski definition) is 3. The molecule has 0 radical (unpaired) electrons. The van der Waals surface area contributed by atoms with E-state index in [1.165, 1.54) is 0 Å². The minimum Gasteiger partial charge on any atom is -0.409 e. The van der Waals surface area contributed by atoms with Crippen LogP contribution >= 0.6 is 11.6 Å². The molecule has 0 fully saturated rings. The first-order valence-electron chi connectivity index (χ1n) is 6.52. The molecule has 0 bridgehead atoms. The van der Waals surface area contributed by atoms with Gasteiger partial charge in [0.25, 0.3) is 0 Å². The maximum Gasteiger partial charge on any atom is 0.170 e. The van der Waals surface area contributed by atoms with E-state index >= 15 is 0 Å². The van der Waals surface area contributed by atoms with Gasteiger partial charge in [0.15, 0.2) is 5.84 Å². The average molecular weight is 305 g/mol. The van der Waals surface area contributed by atoms with Gasteiger partial charge in [-0.1, -0.05) is 35.0 Å². The molecule has 4 N–H and O–H groups in total. The van der Waals surface area contributed by atoms with Gasteiger partial charge in [0.1, 0.15) is 0 Å². The molecule has 0 amide bonds. The molecule has 2 aromatic rings. The van der Waals surface area contributed by atoms with Gasteiger partial charge < -0.3 is 16.3 Å². The number of oxime groups is 1. The second-order valence-electron chi connectivity index (χ2n) is 4.65. The summed E-state index contributed by atoms with van der Waals surface area (Å²) in [6.45, 7) is 2.65. The second kappa shape index (κ2) is 7.06. The maximum absolute atomic E-state index is 8.65. The van der Waals surface area contributed by atoms with Gasteiger partial charge in [0, 0.05) is 29.4 Å². The van der Waals surface area contributed by atoms with E-state index in [2.05, 4.69) is 15.5 Å². The van der Waals surface area contributed by atoms with Crippen LogP contribution in [0, 0.1) is 0 Å². The summed E-state index contributed by atoms with van der Waals surface area (Å²) in [6, 6.07) is 11.2. The van der Waals surface area contributed by atoms with Crippen molar-refractivity contribution in [2.45, 2.75) is 19.5 Å². The molecule has 5 nitrogen and oxygen atoms in total. The molecule has 6 heteroatoms. The van der Waals surface area contributed by atoms with Crippen molar-refractivity contribution in [3.63, 3.8) is 0 Å². The number of nitrogens with two attached hydrogens (primary N) is 1. The van der Waals surface area contributed by atoms with E-state index in [9.17, 15) is 0 Å². The molecule has 0 aliphatic heterocycles. The van der Waals surface area contributed by atoms with E-state index in [1.54, 1.807) is 18.3 Å². The van der Waals surface area contributed by atoms with E-state index in [0.717, 1.165) is 11.3 Å². The molecule has 21 heavy (non-hydrogen) atoms. The van der Waals surface area contributed by atoms with Crippen molar-refractivity contribution in [2.75, 3.05) is 0 Å². The first-order chi connectivity index (χ1) is 10.1. The third-order valence-electron chi connectivity index (χ3n) is 3.19. The van der Waals surface area contributed by atoms with E-state index in [1.807, 2.05) is 31.2 Å². The fourth-order valence-corrected chi connectivity index (χ4v) is 2.15. The number of amidine groups is 1. The third kappa shape index (κ3) is 3.93. The highest BCUT2D eigenvalue weighted by atomic mass is 35.5. The Morgan fingerprint density at radius 2 is 2.24 bits per heavy atom. The van der Waals surface area contributed by atoms with E-state index in [0.29, 0.717) is 17.1 Å². The number of aromatic nitrogens is 1. The minimum absolute atomic E-state index is 0.0401. The lowest BCUT2D eigenvalue weighted by atomic mass is 10.1. The standard InChI is InChI=1S/C15H17ClN4O/c1-10(14-4-2-3-7-18-14)19-9-12-6-5-11(8-13(12)16)15(17)20-21/h2-8,10,19,21H,9H2,1H3,(H2,17,20)/t10-/m1/s1. The molecule has 1 aromatic carbocycles. The summed E-state index contributed by atoms with van der Waals surface area (Å²) in [5, 5.41) is 15.5. The molecular formula is C15H17ClN4O. The van der Waals surface area contributed by atoms with Crippen LogP contribution in [0.1, 0.15) is 29.8 Å². The Kier molecular flexibility index (Phi) is 5.14. The summed E-state index contributed by atoms with van der Waals surface area (Å²) in [4.78, 5) is 4.31. The summed E-state index contributed by atoms with van der Waals surface area (Å²) in [5.74, 6) is 0.0401. The molecule has 0 aliphatic rings. The summed E-state index contributed by atoms with van der Waals surface area (Å²) < 4.78 is 0. The van der Waals surface area contributed by atoms with Gasteiger partial charge in [-0.15, -0.1) is 0 Å². The van der Waals surface area contributed by atoms with Crippen LogP contribution in [0.25, 0.3) is 0 Å². The Morgan fingerprint density at radius 1 is 1.43 bits per heavy atom. The Hall–Kier alpha value is -2.11.